The first-order valence-corrected chi connectivity index (χ1v) is 9.74. The second kappa shape index (κ2) is 8.99. The van der Waals surface area contributed by atoms with Crippen LogP contribution in [0.1, 0.15) is 5.56 Å². The van der Waals surface area contributed by atoms with E-state index in [1.165, 1.54) is 6.07 Å². The average Bonchev–Trinajstić information content (AvgIpc) is 2.68. The Morgan fingerprint density at radius 2 is 1.69 bits per heavy atom. The van der Waals surface area contributed by atoms with Crippen LogP contribution in [0.15, 0.2) is 42.5 Å². The molecule has 2 aromatic rings. The molecule has 0 saturated carbocycles. The molecule has 1 fully saturated rings. The first-order chi connectivity index (χ1) is 13.7. The van der Waals surface area contributed by atoms with Crippen molar-refractivity contribution in [2.45, 2.75) is 6.18 Å². The molecule has 1 aliphatic heterocycles. The predicted molar refractivity (Wildman–Crippen MR) is 111 cm³/mol. The molecule has 1 saturated heterocycles. The van der Waals surface area contributed by atoms with Gasteiger partial charge in [0.25, 0.3) is 0 Å². The van der Waals surface area contributed by atoms with E-state index in [2.05, 4.69) is 33.2 Å². The number of hydrogen-bond acceptors (Lipinski definition) is 4. The van der Waals surface area contributed by atoms with Gasteiger partial charge in [-0.2, -0.15) is 13.2 Å². The molecular formula is C19H17F3IN3O3. The molecule has 0 aromatic heterocycles. The minimum absolute atomic E-state index is 0.0792. The maximum absolute atomic E-state index is 13.1. The highest BCUT2D eigenvalue weighted by molar-refractivity contribution is 14.1. The molecule has 2 N–H and O–H groups in total. The van der Waals surface area contributed by atoms with E-state index in [4.69, 9.17) is 4.74 Å². The monoisotopic (exact) mass is 519 g/mol. The molecule has 0 spiro atoms. The first-order valence-electron chi connectivity index (χ1n) is 8.66. The van der Waals surface area contributed by atoms with Gasteiger partial charge in [0.2, 0.25) is 0 Å². The van der Waals surface area contributed by atoms with Crippen LogP contribution in [0.5, 0.6) is 0 Å². The summed E-state index contributed by atoms with van der Waals surface area (Å²) in [4.78, 5) is 26.4. The van der Waals surface area contributed by atoms with Crippen molar-refractivity contribution in [1.29, 1.82) is 0 Å². The number of anilines is 3. The third-order valence-corrected chi connectivity index (χ3v) is 4.88. The molecule has 0 unspecified atom stereocenters. The molecule has 10 heteroatoms. The van der Waals surface area contributed by atoms with Crippen molar-refractivity contribution < 1.29 is 27.5 Å². The van der Waals surface area contributed by atoms with Crippen LogP contribution in [0.25, 0.3) is 0 Å². The summed E-state index contributed by atoms with van der Waals surface area (Å²) in [5, 5.41) is 4.75. The van der Waals surface area contributed by atoms with Gasteiger partial charge in [0.05, 0.1) is 30.2 Å². The second-order valence-electron chi connectivity index (χ2n) is 6.25. The largest absolute Gasteiger partial charge is 0.416 e. The summed E-state index contributed by atoms with van der Waals surface area (Å²) in [6.07, 6.45) is -4.58. The Balaban J connectivity index is 1.82. The normalized spacial score (nSPS) is 14.4. The second-order valence-corrected chi connectivity index (χ2v) is 7.49. The molecular weight excluding hydrogens is 502 g/mol. The molecule has 2 amide bonds. The van der Waals surface area contributed by atoms with E-state index in [0.29, 0.717) is 37.7 Å². The Morgan fingerprint density at radius 1 is 1.00 bits per heavy atom. The molecule has 0 atom stereocenters. The Morgan fingerprint density at radius 3 is 2.34 bits per heavy atom. The van der Waals surface area contributed by atoms with Gasteiger partial charge in [0, 0.05) is 22.3 Å². The van der Waals surface area contributed by atoms with E-state index in [1.54, 1.807) is 23.1 Å². The zero-order chi connectivity index (χ0) is 21.0. The highest BCUT2D eigenvalue weighted by Crippen LogP contribution is 2.35. The van der Waals surface area contributed by atoms with Crippen molar-refractivity contribution in [3.05, 3.63) is 51.6 Å². The molecule has 0 aliphatic carbocycles. The van der Waals surface area contributed by atoms with Gasteiger partial charge in [-0.05, 0) is 59.0 Å². The lowest BCUT2D eigenvalue weighted by molar-refractivity contribution is -0.137. The minimum atomic E-state index is -4.58. The van der Waals surface area contributed by atoms with E-state index >= 15 is 0 Å². The number of alkyl halides is 3. The summed E-state index contributed by atoms with van der Waals surface area (Å²) >= 11 is 2.05. The van der Waals surface area contributed by atoms with E-state index in [1.807, 2.05) is 6.07 Å². The van der Waals surface area contributed by atoms with Crippen LogP contribution in [0, 0.1) is 3.57 Å². The van der Waals surface area contributed by atoms with Crippen molar-refractivity contribution in [3.8, 4) is 0 Å². The number of rotatable bonds is 3. The van der Waals surface area contributed by atoms with Crippen LogP contribution in [0.3, 0.4) is 0 Å². The van der Waals surface area contributed by atoms with Crippen LogP contribution in [-0.2, 0) is 20.5 Å². The lowest BCUT2D eigenvalue weighted by Gasteiger charge is -2.31. The lowest BCUT2D eigenvalue weighted by atomic mass is 10.1. The number of halogens is 4. The Kier molecular flexibility index (Phi) is 6.63. The lowest BCUT2D eigenvalue weighted by Crippen LogP contribution is -2.37. The Labute approximate surface area is 178 Å². The van der Waals surface area contributed by atoms with Gasteiger partial charge in [-0.3, -0.25) is 9.59 Å². The minimum Gasteiger partial charge on any atom is -0.378 e. The molecule has 2 aromatic carbocycles. The Bertz CT molecular complexity index is 915. The van der Waals surface area contributed by atoms with Crippen LogP contribution < -0.4 is 15.5 Å². The molecule has 3 rings (SSSR count). The topological polar surface area (TPSA) is 70.7 Å². The number of morpholine rings is 1. The molecule has 154 valence electrons. The van der Waals surface area contributed by atoms with Gasteiger partial charge in [0.1, 0.15) is 0 Å². The van der Waals surface area contributed by atoms with Gasteiger partial charge in [-0.25, -0.2) is 0 Å². The molecule has 1 aliphatic rings. The first kappa shape index (κ1) is 21.4. The van der Waals surface area contributed by atoms with Crippen LogP contribution >= 0.6 is 22.6 Å². The van der Waals surface area contributed by atoms with Crippen molar-refractivity contribution in [2.75, 3.05) is 41.8 Å². The fraction of sp³-hybridized carbons (Fsp3) is 0.263. The zero-order valence-electron chi connectivity index (χ0n) is 15.1. The molecule has 29 heavy (non-hydrogen) atoms. The van der Waals surface area contributed by atoms with E-state index in [9.17, 15) is 22.8 Å². The summed E-state index contributed by atoms with van der Waals surface area (Å²) in [5.74, 6) is -2.03. The number of carbonyl (C=O) groups excluding carboxylic acids is 2. The van der Waals surface area contributed by atoms with Gasteiger partial charge < -0.3 is 20.3 Å². The molecule has 0 radical (unpaired) electrons. The number of carbonyl (C=O) groups is 2. The maximum atomic E-state index is 13.1. The fourth-order valence-corrected chi connectivity index (χ4v) is 3.37. The SMILES string of the molecule is O=C(Nc1cccc(I)c1)C(=O)Nc1cc(C(F)(F)F)ccc1N1CCOCC1. The number of nitrogens with one attached hydrogen (secondary N) is 2. The van der Waals surface area contributed by atoms with Gasteiger partial charge in [-0.1, -0.05) is 6.07 Å². The smallest absolute Gasteiger partial charge is 0.378 e. The third kappa shape index (κ3) is 5.60. The zero-order valence-corrected chi connectivity index (χ0v) is 17.2. The summed E-state index contributed by atoms with van der Waals surface area (Å²) in [6.45, 7) is 1.76. The number of nitrogens with zero attached hydrogens (tertiary/aromatic N) is 1. The van der Waals surface area contributed by atoms with Gasteiger partial charge in [-0.15, -0.1) is 0 Å². The van der Waals surface area contributed by atoms with E-state index in [0.717, 1.165) is 15.7 Å². The summed E-state index contributed by atoms with van der Waals surface area (Å²) in [7, 11) is 0. The number of benzene rings is 2. The van der Waals surface area contributed by atoms with Crippen molar-refractivity contribution in [3.63, 3.8) is 0 Å². The number of ether oxygens (including phenoxy) is 1. The highest BCUT2D eigenvalue weighted by atomic mass is 127. The highest BCUT2D eigenvalue weighted by Gasteiger charge is 2.32. The molecule has 0 bridgehead atoms. The van der Waals surface area contributed by atoms with Crippen LogP contribution in [-0.4, -0.2) is 38.1 Å². The molecule has 6 nitrogen and oxygen atoms in total. The quantitative estimate of drug-likeness (QED) is 0.480. The predicted octanol–water partition coefficient (Wildman–Crippen LogP) is 3.72. The van der Waals surface area contributed by atoms with E-state index in [-0.39, 0.29) is 5.69 Å². The van der Waals surface area contributed by atoms with Crippen molar-refractivity contribution in [1.82, 2.24) is 0 Å². The van der Waals surface area contributed by atoms with Crippen molar-refractivity contribution in [2.24, 2.45) is 0 Å². The summed E-state index contributed by atoms with van der Waals surface area (Å²) < 4.78 is 45.5. The number of hydrogen-bond donors (Lipinski definition) is 2. The van der Waals surface area contributed by atoms with Crippen molar-refractivity contribution >= 4 is 51.5 Å². The van der Waals surface area contributed by atoms with E-state index < -0.39 is 23.6 Å². The van der Waals surface area contributed by atoms with Crippen LogP contribution in [0.4, 0.5) is 30.2 Å². The van der Waals surface area contributed by atoms with Crippen LogP contribution in [0.2, 0.25) is 0 Å². The number of amides is 2. The van der Waals surface area contributed by atoms with Gasteiger partial charge in [0.15, 0.2) is 0 Å². The van der Waals surface area contributed by atoms with Gasteiger partial charge >= 0.3 is 18.0 Å². The summed E-state index contributed by atoms with van der Waals surface area (Å²) in [6, 6.07) is 9.87. The maximum Gasteiger partial charge on any atom is 0.416 e. The summed E-state index contributed by atoms with van der Waals surface area (Å²) in [5.41, 5.74) is -0.182. The third-order valence-electron chi connectivity index (χ3n) is 4.21. The standard InChI is InChI=1S/C19H17F3IN3O3/c20-19(21,22)12-4-5-16(26-6-8-29-9-7-26)15(10-12)25-18(28)17(27)24-14-3-1-2-13(23)11-14/h1-5,10-11H,6-9H2,(H,24,27)(H,25,28). The average molecular weight is 519 g/mol. The Hall–Kier alpha value is -2.34. The fourth-order valence-electron chi connectivity index (χ4n) is 2.83. The molecule has 1 heterocycles.